The van der Waals surface area contributed by atoms with Gasteiger partial charge in [-0.1, -0.05) is 19.1 Å². The molecule has 1 aliphatic rings. The number of H-pyrrole nitrogens is 1. The Morgan fingerprint density at radius 2 is 2.09 bits per heavy atom. The minimum Gasteiger partial charge on any atom is -0.480 e. The van der Waals surface area contributed by atoms with Crippen LogP contribution in [0.1, 0.15) is 35.8 Å². The fourth-order valence-electron chi connectivity index (χ4n) is 3.13. The van der Waals surface area contributed by atoms with Crippen molar-refractivity contribution in [1.82, 2.24) is 9.88 Å². The number of nitrogens with zero attached hydrogens (tertiary/aromatic N) is 1. The van der Waals surface area contributed by atoms with E-state index in [-0.39, 0.29) is 5.91 Å². The molecule has 1 aliphatic heterocycles. The number of nitrogens with one attached hydrogen (secondary N) is 1. The Balaban J connectivity index is 1.92. The molecule has 2 N–H and O–H groups in total. The number of benzene rings is 1. The number of carbonyl (C=O) groups is 2. The highest BCUT2D eigenvalue weighted by atomic mass is 16.4. The van der Waals surface area contributed by atoms with Gasteiger partial charge in [0.15, 0.2) is 0 Å². The second kappa shape index (κ2) is 5.48. The molecule has 2 unspecified atom stereocenters. The topological polar surface area (TPSA) is 73.4 Å². The molecule has 0 radical (unpaired) electrons. The summed E-state index contributed by atoms with van der Waals surface area (Å²) < 4.78 is 0. The predicted molar refractivity (Wildman–Crippen MR) is 83.9 cm³/mol. The summed E-state index contributed by atoms with van der Waals surface area (Å²) in [7, 11) is 0. The van der Waals surface area contributed by atoms with Crippen molar-refractivity contribution in [1.29, 1.82) is 0 Å². The highest BCUT2D eigenvalue weighted by molar-refractivity contribution is 5.99. The van der Waals surface area contributed by atoms with Gasteiger partial charge >= 0.3 is 5.97 Å². The summed E-state index contributed by atoms with van der Waals surface area (Å²) in [6.07, 6.45) is 1.36. The predicted octanol–water partition coefficient (Wildman–Crippen LogP) is 2.80. The summed E-state index contributed by atoms with van der Waals surface area (Å²) in [5.41, 5.74) is 2.48. The number of aliphatic carboxylic acids is 1. The van der Waals surface area contributed by atoms with Crippen molar-refractivity contribution in [3.63, 3.8) is 0 Å². The molecule has 2 atom stereocenters. The van der Waals surface area contributed by atoms with Gasteiger partial charge in [-0.3, -0.25) is 4.79 Å². The first-order valence-corrected chi connectivity index (χ1v) is 7.59. The minimum atomic E-state index is -0.924. The molecule has 0 saturated carbocycles. The molecule has 2 aromatic rings. The van der Waals surface area contributed by atoms with Crippen molar-refractivity contribution >= 4 is 22.8 Å². The van der Waals surface area contributed by atoms with E-state index in [1.54, 1.807) is 6.07 Å². The van der Waals surface area contributed by atoms with Crippen molar-refractivity contribution in [3.8, 4) is 0 Å². The Labute approximate surface area is 128 Å². The molecule has 0 spiro atoms. The highest BCUT2D eigenvalue weighted by Crippen LogP contribution is 2.25. The molecule has 1 amide bonds. The molecule has 116 valence electrons. The molecule has 0 bridgehead atoms. The van der Waals surface area contributed by atoms with Gasteiger partial charge < -0.3 is 15.0 Å². The molecule has 1 fully saturated rings. The maximum Gasteiger partial charge on any atom is 0.326 e. The van der Waals surface area contributed by atoms with Crippen LogP contribution < -0.4 is 0 Å². The summed E-state index contributed by atoms with van der Waals surface area (Å²) in [6.45, 7) is 4.52. The van der Waals surface area contributed by atoms with Crippen molar-refractivity contribution in [2.75, 3.05) is 6.54 Å². The summed E-state index contributed by atoms with van der Waals surface area (Å²) in [4.78, 5) is 28.8. The van der Waals surface area contributed by atoms with E-state index < -0.39 is 12.0 Å². The SMILES string of the molecule is Cc1ccc2cc(C(=O)N3CCC(C)CC3C(=O)O)[nH]c2c1. The molecular weight excluding hydrogens is 280 g/mol. The van der Waals surface area contributed by atoms with E-state index in [1.165, 1.54) is 4.90 Å². The van der Waals surface area contributed by atoms with Gasteiger partial charge in [0.25, 0.3) is 5.91 Å². The summed E-state index contributed by atoms with van der Waals surface area (Å²) >= 11 is 0. The number of carboxylic acids is 1. The van der Waals surface area contributed by atoms with Crippen molar-refractivity contribution in [2.24, 2.45) is 5.92 Å². The average molecular weight is 300 g/mol. The Morgan fingerprint density at radius 3 is 2.82 bits per heavy atom. The lowest BCUT2D eigenvalue weighted by Crippen LogP contribution is -2.49. The zero-order valence-electron chi connectivity index (χ0n) is 12.8. The van der Waals surface area contributed by atoms with Gasteiger partial charge in [0.1, 0.15) is 11.7 Å². The van der Waals surface area contributed by atoms with Gasteiger partial charge in [0, 0.05) is 17.4 Å². The van der Waals surface area contributed by atoms with Crippen LogP contribution in [0.5, 0.6) is 0 Å². The number of aryl methyl sites for hydroxylation is 1. The standard InChI is InChI=1S/C17H20N2O3/c1-10-3-4-12-9-14(18-13(12)7-10)16(20)19-6-5-11(2)8-15(19)17(21)22/h3-4,7,9,11,15,18H,5-6,8H2,1-2H3,(H,21,22). The fourth-order valence-corrected chi connectivity index (χ4v) is 3.13. The fraction of sp³-hybridized carbons (Fsp3) is 0.412. The Bertz CT molecular complexity index is 735. The number of amides is 1. The van der Waals surface area contributed by atoms with Crippen molar-refractivity contribution < 1.29 is 14.7 Å². The quantitative estimate of drug-likeness (QED) is 0.895. The zero-order valence-corrected chi connectivity index (χ0v) is 12.8. The van der Waals surface area contributed by atoms with Crippen LogP contribution in [0.15, 0.2) is 24.3 Å². The highest BCUT2D eigenvalue weighted by Gasteiger charge is 2.35. The molecule has 5 heteroatoms. The van der Waals surface area contributed by atoms with E-state index in [9.17, 15) is 14.7 Å². The number of carbonyl (C=O) groups excluding carboxylic acids is 1. The van der Waals surface area contributed by atoms with Gasteiger partial charge in [0.2, 0.25) is 0 Å². The molecule has 1 saturated heterocycles. The van der Waals surface area contributed by atoms with Crippen LogP contribution in [-0.2, 0) is 4.79 Å². The summed E-state index contributed by atoms with van der Waals surface area (Å²) in [6, 6.07) is 7.01. The lowest BCUT2D eigenvalue weighted by molar-refractivity contribution is -0.144. The molecule has 2 heterocycles. The number of hydrogen-bond donors (Lipinski definition) is 2. The molecule has 5 nitrogen and oxygen atoms in total. The second-order valence-electron chi connectivity index (χ2n) is 6.26. The maximum absolute atomic E-state index is 12.7. The average Bonchev–Trinajstić information content (AvgIpc) is 2.89. The van der Waals surface area contributed by atoms with E-state index in [0.717, 1.165) is 22.9 Å². The van der Waals surface area contributed by atoms with Crippen molar-refractivity contribution in [2.45, 2.75) is 32.7 Å². The largest absolute Gasteiger partial charge is 0.480 e. The van der Waals surface area contributed by atoms with Crippen LogP contribution in [0.3, 0.4) is 0 Å². The normalized spacial score (nSPS) is 22.0. The van der Waals surface area contributed by atoms with Crippen molar-refractivity contribution in [3.05, 3.63) is 35.5 Å². The summed E-state index contributed by atoms with van der Waals surface area (Å²) in [5.74, 6) is -0.824. The molecular formula is C17H20N2O3. The number of hydrogen-bond acceptors (Lipinski definition) is 2. The Hall–Kier alpha value is -2.30. The first-order chi connectivity index (χ1) is 10.5. The molecule has 1 aromatic heterocycles. The van der Waals surface area contributed by atoms with Crippen LogP contribution in [0, 0.1) is 12.8 Å². The number of likely N-dealkylation sites (tertiary alicyclic amines) is 1. The van der Waals surface area contributed by atoms with Gasteiger partial charge in [-0.05, 0) is 43.4 Å². The number of carboxylic acid groups (broad SMARTS) is 1. The smallest absolute Gasteiger partial charge is 0.326 e. The van der Waals surface area contributed by atoms with Gasteiger partial charge in [-0.2, -0.15) is 0 Å². The number of aromatic nitrogens is 1. The second-order valence-corrected chi connectivity index (χ2v) is 6.26. The lowest BCUT2D eigenvalue weighted by Gasteiger charge is -2.35. The molecule has 0 aliphatic carbocycles. The number of aromatic amines is 1. The third-order valence-corrected chi connectivity index (χ3v) is 4.42. The van der Waals surface area contributed by atoms with Gasteiger partial charge in [0.05, 0.1) is 0 Å². The van der Waals surface area contributed by atoms with E-state index in [2.05, 4.69) is 4.98 Å². The Morgan fingerprint density at radius 1 is 1.32 bits per heavy atom. The lowest BCUT2D eigenvalue weighted by atomic mass is 9.92. The third-order valence-electron chi connectivity index (χ3n) is 4.42. The Kier molecular flexibility index (Phi) is 3.64. The van der Waals surface area contributed by atoms with Crippen LogP contribution >= 0.6 is 0 Å². The van der Waals surface area contributed by atoms with Crippen LogP contribution in [-0.4, -0.2) is 39.5 Å². The molecule has 22 heavy (non-hydrogen) atoms. The number of piperidine rings is 1. The monoisotopic (exact) mass is 300 g/mol. The van der Waals surface area contributed by atoms with E-state index in [1.807, 2.05) is 32.0 Å². The number of rotatable bonds is 2. The van der Waals surface area contributed by atoms with E-state index in [0.29, 0.717) is 24.6 Å². The number of fused-ring (bicyclic) bond motifs is 1. The van der Waals surface area contributed by atoms with Gasteiger partial charge in [-0.25, -0.2) is 4.79 Å². The van der Waals surface area contributed by atoms with Crippen LogP contribution in [0.2, 0.25) is 0 Å². The van der Waals surface area contributed by atoms with E-state index in [4.69, 9.17) is 0 Å². The zero-order chi connectivity index (χ0) is 15.9. The van der Waals surface area contributed by atoms with Gasteiger partial charge in [-0.15, -0.1) is 0 Å². The third kappa shape index (κ3) is 2.58. The van der Waals surface area contributed by atoms with E-state index >= 15 is 0 Å². The van der Waals surface area contributed by atoms with Crippen LogP contribution in [0.25, 0.3) is 10.9 Å². The van der Waals surface area contributed by atoms with Crippen LogP contribution in [0.4, 0.5) is 0 Å². The first kappa shape index (κ1) is 14.6. The first-order valence-electron chi connectivity index (χ1n) is 7.59. The maximum atomic E-state index is 12.7. The molecule has 1 aromatic carbocycles. The summed E-state index contributed by atoms with van der Waals surface area (Å²) in [5, 5.41) is 10.4. The molecule has 3 rings (SSSR count). The minimum absolute atomic E-state index is 0.229.